The second-order valence-corrected chi connectivity index (χ2v) is 7.95. The lowest BCUT2D eigenvalue weighted by molar-refractivity contribution is -0.134. The van der Waals surface area contributed by atoms with Gasteiger partial charge in [-0.15, -0.1) is 24.0 Å². The minimum Gasteiger partial charge on any atom is -0.356 e. The summed E-state index contributed by atoms with van der Waals surface area (Å²) in [5.74, 6) is 1.88. The normalized spacial score (nSPS) is 22.7. The van der Waals surface area contributed by atoms with Crippen LogP contribution in [0.15, 0.2) is 35.3 Å². The van der Waals surface area contributed by atoms with Crippen LogP contribution < -0.4 is 5.32 Å². The monoisotopic (exact) mass is 498 g/mol. The maximum absolute atomic E-state index is 12.5. The lowest BCUT2D eigenvalue weighted by atomic mass is 9.99. The summed E-state index contributed by atoms with van der Waals surface area (Å²) in [5, 5.41) is 3.41. The van der Waals surface area contributed by atoms with Crippen LogP contribution in [0.3, 0.4) is 0 Å². The van der Waals surface area contributed by atoms with E-state index in [1.54, 1.807) is 0 Å². The Morgan fingerprint density at radius 2 is 1.96 bits per heavy atom. The van der Waals surface area contributed by atoms with Crippen LogP contribution in [0.4, 0.5) is 0 Å². The number of nitrogens with one attached hydrogen (secondary N) is 1. The van der Waals surface area contributed by atoms with E-state index in [2.05, 4.69) is 57.4 Å². The summed E-state index contributed by atoms with van der Waals surface area (Å²) in [4.78, 5) is 21.3. The summed E-state index contributed by atoms with van der Waals surface area (Å²) in [5.41, 5.74) is 1.41. The number of guanidine groups is 1. The van der Waals surface area contributed by atoms with Crippen molar-refractivity contribution in [1.29, 1.82) is 0 Å². The van der Waals surface area contributed by atoms with E-state index in [-0.39, 0.29) is 29.9 Å². The van der Waals surface area contributed by atoms with Crippen molar-refractivity contribution in [2.24, 2.45) is 10.9 Å². The number of rotatable bonds is 5. The fourth-order valence-corrected chi connectivity index (χ4v) is 4.36. The molecular weight excluding hydrogens is 463 g/mol. The Labute approximate surface area is 187 Å². The number of nitrogens with zero attached hydrogens (tertiary/aromatic N) is 3. The van der Waals surface area contributed by atoms with Gasteiger partial charge in [0.05, 0.1) is 0 Å². The first-order valence-electron chi connectivity index (χ1n) is 10.5. The molecule has 2 atom stereocenters. The number of piperidine rings is 1. The maximum Gasteiger partial charge on any atom is 0.224 e. The number of amides is 1. The lowest BCUT2D eigenvalue weighted by Gasteiger charge is -2.33. The van der Waals surface area contributed by atoms with E-state index in [1.165, 1.54) is 18.4 Å². The molecule has 2 aliphatic heterocycles. The molecule has 5 nitrogen and oxygen atoms in total. The SMILES string of the molecule is CN=C(NCCC(=O)N1CCCCC1C)N1CCC(Cc2ccccc2)C1.I. The Morgan fingerprint density at radius 1 is 1.18 bits per heavy atom. The number of hydrogen-bond donors (Lipinski definition) is 1. The molecule has 0 aromatic heterocycles. The zero-order valence-electron chi connectivity index (χ0n) is 17.3. The van der Waals surface area contributed by atoms with Crippen LogP contribution in [0.2, 0.25) is 0 Å². The quantitative estimate of drug-likeness (QED) is 0.384. The molecule has 0 aliphatic carbocycles. The van der Waals surface area contributed by atoms with Gasteiger partial charge in [0.1, 0.15) is 0 Å². The Hall–Kier alpha value is -1.31. The van der Waals surface area contributed by atoms with Crippen LogP contribution in [0.25, 0.3) is 0 Å². The Bertz CT molecular complexity index is 637. The van der Waals surface area contributed by atoms with Gasteiger partial charge >= 0.3 is 0 Å². The van der Waals surface area contributed by atoms with E-state index in [1.807, 2.05) is 7.05 Å². The Morgan fingerprint density at radius 3 is 2.68 bits per heavy atom. The van der Waals surface area contributed by atoms with Gasteiger partial charge < -0.3 is 15.1 Å². The number of hydrogen-bond acceptors (Lipinski definition) is 2. The zero-order chi connectivity index (χ0) is 19.1. The maximum atomic E-state index is 12.5. The van der Waals surface area contributed by atoms with Crippen LogP contribution in [-0.4, -0.2) is 60.9 Å². The molecule has 2 unspecified atom stereocenters. The van der Waals surface area contributed by atoms with Crippen LogP contribution >= 0.6 is 24.0 Å². The van der Waals surface area contributed by atoms with Gasteiger partial charge in [0, 0.05) is 45.7 Å². The molecule has 0 saturated carbocycles. The minimum absolute atomic E-state index is 0. The van der Waals surface area contributed by atoms with E-state index >= 15 is 0 Å². The van der Waals surface area contributed by atoms with Crippen molar-refractivity contribution in [3.05, 3.63) is 35.9 Å². The third-order valence-electron chi connectivity index (χ3n) is 5.91. The van der Waals surface area contributed by atoms with Crippen LogP contribution in [0, 0.1) is 5.92 Å². The number of carbonyl (C=O) groups is 1. The third kappa shape index (κ3) is 6.36. The Balaban J connectivity index is 0.00000280. The second kappa shape index (κ2) is 11.6. The number of likely N-dealkylation sites (tertiary alicyclic amines) is 2. The van der Waals surface area contributed by atoms with Gasteiger partial charge in [0.2, 0.25) is 5.91 Å². The summed E-state index contributed by atoms with van der Waals surface area (Å²) in [6.07, 6.45) is 6.39. The van der Waals surface area contributed by atoms with Gasteiger partial charge in [-0.2, -0.15) is 0 Å². The molecule has 0 radical (unpaired) electrons. The Kier molecular flexibility index (Phi) is 9.55. The number of carbonyl (C=O) groups excluding carboxylic acids is 1. The van der Waals surface area contributed by atoms with E-state index in [0.29, 0.717) is 24.9 Å². The first-order chi connectivity index (χ1) is 13.2. The summed E-state index contributed by atoms with van der Waals surface area (Å²) >= 11 is 0. The summed E-state index contributed by atoms with van der Waals surface area (Å²) in [7, 11) is 1.83. The molecule has 2 saturated heterocycles. The molecule has 2 heterocycles. The highest BCUT2D eigenvalue weighted by Crippen LogP contribution is 2.21. The summed E-state index contributed by atoms with van der Waals surface area (Å²) < 4.78 is 0. The molecule has 3 rings (SSSR count). The van der Waals surface area contributed by atoms with Crippen molar-refractivity contribution in [3.8, 4) is 0 Å². The van der Waals surface area contributed by atoms with Gasteiger partial charge in [-0.05, 0) is 50.5 Å². The molecule has 0 bridgehead atoms. The van der Waals surface area contributed by atoms with E-state index < -0.39 is 0 Å². The fourth-order valence-electron chi connectivity index (χ4n) is 4.36. The molecule has 28 heavy (non-hydrogen) atoms. The molecule has 2 aliphatic rings. The molecule has 1 N–H and O–H groups in total. The van der Waals surface area contributed by atoms with E-state index in [9.17, 15) is 4.79 Å². The van der Waals surface area contributed by atoms with Gasteiger partial charge in [-0.25, -0.2) is 0 Å². The number of aliphatic imine (C=N–C) groups is 1. The van der Waals surface area contributed by atoms with Crippen molar-refractivity contribution < 1.29 is 4.79 Å². The van der Waals surface area contributed by atoms with Gasteiger partial charge in [-0.3, -0.25) is 9.79 Å². The van der Waals surface area contributed by atoms with Gasteiger partial charge in [0.25, 0.3) is 0 Å². The minimum atomic E-state index is 0. The van der Waals surface area contributed by atoms with Gasteiger partial charge in [0.15, 0.2) is 5.96 Å². The molecule has 2 fully saturated rings. The molecule has 6 heteroatoms. The van der Waals surface area contributed by atoms with Crippen molar-refractivity contribution in [3.63, 3.8) is 0 Å². The topological polar surface area (TPSA) is 47.9 Å². The highest BCUT2D eigenvalue weighted by Gasteiger charge is 2.26. The predicted octanol–water partition coefficient (Wildman–Crippen LogP) is 3.54. The third-order valence-corrected chi connectivity index (χ3v) is 5.91. The lowest BCUT2D eigenvalue weighted by Crippen LogP contribution is -2.45. The van der Waals surface area contributed by atoms with Crippen molar-refractivity contribution in [2.45, 2.75) is 51.5 Å². The van der Waals surface area contributed by atoms with Crippen molar-refractivity contribution in [1.82, 2.24) is 15.1 Å². The number of halogens is 1. The first-order valence-corrected chi connectivity index (χ1v) is 10.5. The smallest absolute Gasteiger partial charge is 0.224 e. The summed E-state index contributed by atoms with van der Waals surface area (Å²) in [6.45, 7) is 5.82. The average Bonchev–Trinajstić information content (AvgIpc) is 3.14. The molecule has 1 amide bonds. The van der Waals surface area contributed by atoms with Crippen LogP contribution in [-0.2, 0) is 11.2 Å². The van der Waals surface area contributed by atoms with E-state index in [4.69, 9.17) is 0 Å². The van der Waals surface area contributed by atoms with E-state index in [0.717, 1.165) is 44.9 Å². The fraction of sp³-hybridized carbons (Fsp3) is 0.636. The van der Waals surface area contributed by atoms with Crippen molar-refractivity contribution in [2.75, 3.05) is 33.2 Å². The summed E-state index contributed by atoms with van der Waals surface area (Å²) in [6, 6.07) is 11.1. The number of benzene rings is 1. The molecule has 0 spiro atoms. The first kappa shape index (κ1) is 23.0. The van der Waals surface area contributed by atoms with Crippen LogP contribution in [0.1, 0.15) is 44.6 Å². The highest BCUT2D eigenvalue weighted by molar-refractivity contribution is 14.0. The van der Waals surface area contributed by atoms with Crippen molar-refractivity contribution >= 4 is 35.8 Å². The second-order valence-electron chi connectivity index (χ2n) is 7.95. The largest absolute Gasteiger partial charge is 0.356 e. The molecule has 1 aromatic carbocycles. The standard InChI is InChI=1S/C22H34N4O.HI/c1-18-8-6-7-14-26(18)21(27)11-13-24-22(23-2)25-15-12-20(17-25)16-19-9-4-3-5-10-19;/h3-5,9-10,18,20H,6-8,11-17H2,1-2H3,(H,23,24);1H. The van der Waals surface area contributed by atoms with Gasteiger partial charge in [-0.1, -0.05) is 30.3 Å². The molecule has 1 aromatic rings. The highest BCUT2D eigenvalue weighted by atomic mass is 127. The van der Waals surface area contributed by atoms with Crippen LogP contribution in [0.5, 0.6) is 0 Å². The molecule has 156 valence electrons. The zero-order valence-corrected chi connectivity index (χ0v) is 19.6. The average molecular weight is 498 g/mol. The molecular formula is C22H35IN4O. The predicted molar refractivity (Wildman–Crippen MR) is 126 cm³/mol.